The standard InChI is InChI=1S/C17H24N4O2/c1-2-3-8-20-10-6-13(7-11-20)14-12-21-9-4-5-15(16(21)19-14)23-17(18)22/h4-5,9,12-13H,2-3,6-8,10-11H2,1H3,(H2,18,22). The summed E-state index contributed by atoms with van der Waals surface area (Å²) in [5.41, 5.74) is 6.83. The van der Waals surface area contributed by atoms with Crippen LogP contribution in [0.4, 0.5) is 4.79 Å². The molecule has 124 valence electrons. The van der Waals surface area contributed by atoms with E-state index in [1.807, 2.05) is 22.9 Å². The quantitative estimate of drug-likeness (QED) is 0.920. The molecule has 1 amide bonds. The second kappa shape index (κ2) is 7.00. The minimum absolute atomic E-state index is 0.409. The van der Waals surface area contributed by atoms with E-state index in [2.05, 4.69) is 16.8 Å². The molecular weight excluding hydrogens is 292 g/mol. The maximum Gasteiger partial charge on any atom is 0.410 e. The van der Waals surface area contributed by atoms with E-state index < -0.39 is 6.09 Å². The van der Waals surface area contributed by atoms with Gasteiger partial charge in [-0.15, -0.1) is 0 Å². The molecule has 0 atom stereocenters. The van der Waals surface area contributed by atoms with Crippen LogP contribution >= 0.6 is 0 Å². The average molecular weight is 316 g/mol. The molecule has 2 aromatic rings. The summed E-state index contributed by atoms with van der Waals surface area (Å²) in [6, 6.07) is 3.54. The van der Waals surface area contributed by atoms with Gasteiger partial charge in [-0.1, -0.05) is 13.3 Å². The number of imidazole rings is 1. The number of unbranched alkanes of at least 4 members (excludes halogenated alkanes) is 1. The lowest BCUT2D eigenvalue weighted by molar-refractivity contribution is 0.208. The van der Waals surface area contributed by atoms with Gasteiger partial charge in [0.1, 0.15) is 0 Å². The van der Waals surface area contributed by atoms with E-state index in [9.17, 15) is 4.79 Å². The summed E-state index contributed by atoms with van der Waals surface area (Å²) in [6.45, 7) is 5.69. The van der Waals surface area contributed by atoms with Crippen molar-refractivity contribution in [3.8, 4) is 5.75 Å². The van der Waals surface area contributed by atoms with Crippen molar-refractivity contribution in [3.05, 3.63) is 30.2 Å². The lowest BCUT2D eigenvalue weighted by atomic mass is 9.94. The fourth-order valence-electron chi connectivity index (χ4n) is 3.22. The van der Waals surface area contributed by atoms with Crippen molar-refractivity contribution in [1.82, 2.24) is 14.3 Å². The molecule has 6 heteroatoms. The van der Waals surface area contributed by atoms with Crippen LogP contribution < -0.4 is 10.5 Å². The molecule has 0 radical (unpaired) electrons. The van der Waals surface area contributed by atoms with Crippen molar-refractivity contribution in [1.29, 1.82) is 0 Å². The first kappa shape index (κ1) is 15.8. The smallest absolute Gasteiger partial charge is 0.406 e. The number of fused-ring (bicyclic) bond motifs is 1. The van der Waals surface area contributed by atoms with Crippen LogP contribution in [0.5, 0.6) is 5.75 Å². The number of piperidine rings is 1. The fourth-order valence-corrected chi connectivity index (χ4v) is 3.22. The summed E-state index contributed by atoms with van der Waals surface area (Å²) < 4.78 is 6.94. The monoisotopic (exact) mass is 316 g/mol. The Bertz CT molecular complexity index is 674. The van der Waals surface area contributed by atoms with Gasteiger partial charge in [0.05, 0.1) is 5.69 Å². The minimum atomic E-state index is -0.813. The number of nitrogens with zero attached hydrogens (tertiary/aromatic N) is 3. The predicted molar refractivity (Wildman–Crippen MR) is 88.7 cm³/mol. The molecule has 2 N–H and O–H groups in total. The van der Waals surface area contributed by atoms with Gasteiger partial charge < -0.3 is 19.8 Å². The zero-order chi connectivity index (χ0) is 16.2. The largest absolute Gasteiger partial charge is 0.410 e. The Hall–Kier alpha value is -2.08. The minimum Gasteiger partial charge on any atom is -0.406 e. The Morgan fingerprint density at radius 1 is 1.43 bits per heavy atom. The summed E-state index contributed by atoms with van der Waals surface area (Å²) in [5, 5.41) is 0. The molecule has 23 heavy (non-hydrogen) atoms. The second-order valence-electron chi connectivity index (χ2n) is 6.16. The number of primary amides is 1. The fraction of sp³-hybridized carbons (Fsp3) is 0.529. The summed E-state index contributed by atoms with van der Waals surface area (Å²) in [7, 11) is 0. The first-order valence-corrected chi connectivity index (χ1v) is 8.34. The van der Waals surface area contributed by atoms with E-state index in [0.717, 1.165) is 31.6 Å². The first-order chi connectivity index (χ1) is 11.2. The van der Waals surface area contributed by atoms with Crippen molar-refractivity contribution >= 4 is 11.7 Å². The third kappa shape index (κ3) is 3.64. The van der Waals surface area contributed by atoms with Crippen molar-refractivity contribution in [2.45, 2.75) is 38.5 Å². The molecule has 0 aliphatic carbocycles. The number of aromatic nitrogens is 2. The highest BCUT2D eigenvalue weighted by molar-refractivity contribution is 5.71. The number of carbonyl (C=O) groups excluding carboxylic acids is 1. The zero-order valence-corrected chi connectivity index (χ0v) is 13.6. The molecule has 1 saturated heterocycles. The van der Waals surface area contributed by atoms with Crippen LogP contribution in [-0.4, -0.2) is 40.0 Å². The van der Waals surface area contributed by atoms with E-state index in [1.54, 1.807) is 6.07 Å². The van der Waals surface area contributed by atoms with Crippen molar-refractivity contribution in [2.75, 3.05) is 19.6 Å². The molecule has 6 nitrogen and oxygen atoms in total. The summed E-state index contributed by atoms with van der Waals surface area (Å²) in [6.07, 6.45) is 7.90. The van der Waals surface area contributed by atoms with Gasteiger partial charge in [0, 0.05) is 18.3 Å². The Balaban J connectivity index is 1.73. The lowest BCUT2D eigenvalue weighted by Crippen LogP contribution is -2.33. The Labute approximate surface area is 136 Å². The van der Waals surface area contributed by atoms with Gasteiger partial charge in [0.15, 0.2) is 11.4 Å². The number of pyridine rings is 1. The molecule has 1 aliphatic heterocycles. The highest BCUT2D eigenvalue weighted by Crippen LogP contribution is 2.29. The SMILES string of the molecule is CCCCN1CCC(c2cn3cccc(OC(N)=O)c3n2)CC1. The highest BCUT2D eigenvalue weighted by atomic mass is 16.5. The van der Waals surface area contributed by atoms with Gasteiger partial charge in [0.25, 0.3) is 0 Å². The molecule has 0 spiro atoms. The molecule has 1 fully saturated rings. The van der Waals surface area contributed by atoms with E-state index in [1.165, 1.54) is 19.4 Å². The number of ether oxygens (including phenoxy) is 1. The maximum atomic E-state index is 11.0. The number of amides is 1. The number of hydrogen-bond donors (Lipinski definition) is 1. The highest BCUT2D eigenvalue weighted by Gasteiger charge is 2.23. The lowest BCUT2D eigenvalue weighted by Gasteiger charge is -2.31. The van der Waals surface area contributed by atoms with Crippen LogP contribution in [0, 0.1) is 0 Å². The third-order valence-corrected chi connectivity index (χ3v) is 4.51. The number of nitrogens with two attached hydrogens (primary N) is 1. The Kier molecular flexibility index (Phi) is 4.81. The predicted octanol–water partition coefficient (Wildman–Crippen LogP) is 2.77. The maximum absolute atomic E-state index is 11.0. The summed E-state index contributed by atoms with van der Waals surface area (Å²) >= 11 is 0. The molecule has 0 unspecified atom stereocenters. The second-order valence-corrected chi connectivity index (χ2v) is 6.16. The van der Waals surface area contributed by atoms with Crippen LogP contribution in [-0.2, 0) is 0 Å². The Morgan fingerprint density at radius 2 is 2.22 bits per heavy atom. The van der Waals surface area contributed by atoms with Gasteiger partial charge in [0.2, 0.25) is 0 Å². The van der Waals surface area contributed by atoms with E-state index in [4.69, 9.17) is 10.5 Å². The third-order valence-electron chi connectivity index (χ3n) is 4.51. The average Bonchev–Trinajstić information content (AvgIpc) is 2.98. The molecule has 1 aliphatic rings. The first-order valence-electron chi connectivity index (χ1n) is 8.34. The van der Waals surface area contributed by atoms with Crippen LogP contribution in [0.25, 0.3) is 5.65 Å². The van der Waals surface area contributed by atoms with Gasteiger partial charge in [-0.3, -0.25) is 0 Å². The van der Waals surface area contributed by atoms with Crippen molar-refractivity contribution in [3.63, 3.8) is 0 Å². The topological polar surface area (TPSA) is 72.9 Å². The van der Waals surface area contributed by atoms with Crippen LogP contribution in [0.3, 0.4) is 0 Å². The van der Waals surface area contributed by atoms with E-state index in [0.29, 0.717) is 17.3 Å². The molecule has 3 rings (SSSR count). The molecule has 0 aromatic carbocycles. The zero-order valence-electron chi connectivity index (χ0n) is 13.6. The van der Waals surface area contributed by atoms with Crippen molar-refractivity contribution in [2.24, 2.45) is 5.73 Å². The molecule has 0 bridgehead atoms. The van der Waals surface area contributed by atoms with Gasteiger partial charge in [-0.2, -0.15) is 0 Å². The summed E-state index contributed by atoms with van der Waals surface area (Å²) in [5.74, 6) is 0.876. The normalized spacial score (nSPS) is 16.7. The number of hydrogen-bond acceptors (Lipinski definition) is 4. The van der Waals surface area contributed by atoms with E-state index in [-0.39, 0.29) is 0 Å². The molecule has 0 saturated carbocycles. The van der Waals surface area contributed by atoms with Crippen LogP contribution in [0.2, 0.25) is 0 Å². The molecule has 2 aromatic heterocycles. The number of carbonyl (C=O) groups is 1. The van der Waals surface area contributed by atoms with Crippen molar-refractivity contribution < 1.29 is 9.53 Å². The van der Waals surface area contributed by atoms with E-state index >= 15 is 0 Å². The number of rotatable bonds is 5. The number of likely N-dealkylation sites (tertiary alicyclic amines) is 1. The van der Waals surface area contributed by atoms with Gasteiger partial charge in [-0.25, -0.2) is 9.78 Å². The van der Waals surface area contributed by atoms with Gasteiger partial charge in [-0.05, 0) is 51.0 Å². The molecular formula is C17H24N4O2. The van der Waals surface area contributed by atoms with Crippen LogP contribution in [0.15, 0.2) is 24.5 Å². The summed E-state index contributed by atoms with van der Waals surface area (Å²) in [4.78, 5) is 18.2. The van der Waals surface area contributed by atoms with Gasteiger partial charge >= 0.3 is 6.09 Å². The Morgan fingerprint density at radius 3 is 2.91 bits per heavy atom. The molecule has 3 heterocycles. The van der Waals surface area contributed by atoms with Crippen LogP contribution in [0.1, 0.15) is 44.2 Å².